The molecule has 0 spiro atoms. The molecular formula is C26H24N2OS. The summed E-state index contributed by atoms with van der Waals surface area (Å²) in [7, 11) is 0. The Balaban J connectivity index is 1.91. The maximum Gasteiger partial charge on any atom is 0.264 e. The first-order valence-corrected chi connectivity index (χ1v) is 11.0. The van der Waals surface area contributed by atoms with Crippen LogP contribution in [0, 0.1) is 20.8 Å². The number of imidazole rings is 1. The minimum Gasteiger partial charge on any atom is -0.268 e. The third kappa shape index (κ3) is 2.50. The first kappa shape index (κ1) is 19.0. The van der Waals surface area contributed by atoms with Crippen LogP contribution in [0.4, 0.5) is 0 Å². The molecule has 1 aliphatic heterocycles. The Bertz CT molecular complexity index is 1460. The van der Waals surface area contributed by atoms with Gasteiger partial charge in [0.05, 0.1) is 16.6 Å². The lowest BCUT2D eigenvalue weighted by Crippen LogP contribution is -2.07. The zero-order valence-corrected chi connectivity index (χ0v) is 19.0. The van der Waals surface area contributed by atoms with Gasteiger partial charge < -0.3 is 0 Å². The average Bonchev–Trinajstić information content (AvgIpc) is 3.30. The van der Waals surface area contributed by atoms with Gasteiger partial charge in [-0.25, -0.2) is 4.98 Å². The van der Waals surface area contributed by atoms with Crippen LogP contribution < -0.4 is 0 Å². The maximum atomic E-state index is 13.6. The van der Waals surface area contributed by atoms with Gasteiger partial charge in [0.15, 0.2) is 0 Å². The normalized spacial score (nSPS) is 15.4. The maximum absolute atomic E-state index is 13.6. The average molecular weight is 413 g/mol. The molecule has 4 aromatic rings. The number of carbonyl (C=O) groups is 1. The molecule has 2 aromatic carbocycles. The number of carbonyl (C=O) groups excluding carboxylic acids is 1. The van der Waals surface area contributed by atoms with Crippen LogP contribution >= 0.6 is 11.3 Å². The van der Waals surface area contributed by atoms with E-state index >= 15 is 0 Å². The third-order valence-electron chi connectivity index (χ3n) is 6.18. The van der Waals surface area contributed by atoms with Crippen LogP contribution in [0.15, 0.2) is 47.5 Å². The molecule has 0 atom stereocenters. The molecule has 3 nitrogen and oxygen atoms in total. The zero-order chi connectivity index (χ0) is 21.3. The van der Waals surface area contributed by atoms with Crippen molar-refractivity contribution < 1.29 is 4.79 Å². The van der Waals surface area contributed by atoms with Crippen molar-refractivity contribution >= 4 is 49.5 Å². The fourth-order valence-electron chi connectivity index (χ4n) is 4.61. The van der Waals surface area contributed by atoms with Gasteiger partial charge in [0.1, 0.15) is 5.82 Å². The Kier molecular flexibility index (Phi) is 4.13. The number of thiophene rings is 1. The molecule has 4 heteroatoms. The fraction of sp³-hybridized carbons (Fsp3) is 0.231. The van der Waals surface area contributed by atoms with Gasteiger partial charge in [-0.1, -0.05) is 23.8 Å². The molecular weight excluding hydrogens is 388 g/mol. The van der Waals surface area contributed by atoms with Gasteiger partial charge in [-0.15, -0.1) is 11.3 Å². The molecule has 5 rings (SSSR count). The SMILES string of the molecule is CC(C)=C1C(=O)n2c(nc3cc(C)c(C)cc32)/C1=C(/C)c1c(C)sc2ccccc12. The lowest BCUT2D eigenvalue weighted by atomic mass is 9.93. The van der Waals surface area contributed by atoms with E-state index in [1.165, 1.54) is 31.7 Å². The summed E-state index contributed by atoms with van der Waals surface area (Å²) < 4.78 is 3.08. The number of hydrogen-bond acceptors (Lipinski definition) is 3. The number of rotatable bonds is 1. The molecule has 0 N–H and O–H groups in total. The predicted octanol–water partition coefficient (Wildman–Crippen LogP) is 7.10. The fourth-order valence-corrected chi connectivity index (χ4v) is 5.74. The number of hydrogen-bond donors (Lipinski definition) is 0. The molecule has 1 aliphatic rings. The van der Waals surface area contributed by atoms with E-state index in [1.807, 2.05) is 18.4 Å². The van der Waals surface area contributed by atoms with Crippen LogP contribution in [-0.4, -0.2) is 15.5 Å². The summed E-state index contributed by atoms with van der Waals surface area (Å²) in [4.78, 5) is 19.8. The third-order valence-corrected chi connectivity index (χ3v) is 7.27. The highest BCUT2D eigenvalue weighted by Gasteiger charge is 2.36. The summed E-state index contributed by atoms with van der Waals surface area (Å²) in [5, 5.41) is 1.24. The number of allylic oxidation sites excluding steroid dienone is 4. The van der Waals surface area contributed by atoms with Crippen molar-refractivity contribution in [3.63, 3.8) is 0 Å². The van der Waals surface area contributed by atoms with Gasteiger partial charge in [-0.05, 0) is 82.0 Å². The van der Waals surface area contributed by atoms with Gasteiger partial charge >= 0.3 is 0 Å². The van der Waals surface area contributed by atoms with Crippen molar-refractivity contribution in [1.82, 2.24) is 9.55 Å². The highest BCUT2D eigenvalue weighted by atomic mass is 32.1. The van der Waals surface area contributed by atoms with Crippen LogP contribution in [-0.2, 0) is 0 Å². The molecule has 0 saturated heterocycles. The van der Waals surface area contributed by atoms with E-state index in [-0.39, 0.29) is 5.91 Å². The van der Waals surface area contributed by atoms with E-state index in [4.69, 9.17) is 4.98 Å². The Morgan fingerprint density at radius 2 is 1.67 bits per heavy atom. The summed E-state index contributed by atoms with van der Waals surface area (Å²) in [5.41, 5.74) is 9.26. The number of fused-ring (bicyclic) bond motifs is 4. The van der Waals surface area contributed by atoms with Crippen molar-refractivity contribution in [3.05, 3.63) is 74.9 Å². The van der Waals surface area contributed by atoms with Gasteiger partial charge in [0.2, 0.25) is 0 Å². The minimum absolute atomic E-state index is 0.0299. The summed E-state index contributed by atoms with van der Waals surface area (Å²) >= 11 is 1.80. The second-order valence-corrected chi connectivity index (χ2v) is 9.66. The van der Waals surface area contributed by atoms with E-state index in [9.17, 15) is 4.79 Å². The summed E-state index contributed by atoms with van der Waals surface area (Å²) in [5.74, 6) is 0.797. The van der Waals surface area contributed by atoms with Crippen LogP contribution in [0.5, 0.6) is 0 Å². The first-order valence-electron chi connectivity index (χ1n) is 10.2. The molecule has 0 radical (unpaired) electrons. The number of nitrogens with zero attached hydrogens (tertiary/aromatic N) is 2. The van der Waals surface area contributed by atoms with Crippen molar-refractivity contribution in [2.45, 2.75) is 41.5 Å². The lowest BCUT2D eigenvalue weighted by Gasteiger charge is -2.09. The monoisotopic (exact) mass is 412 g/mol. The van der Waals surface area contributed by atoms with Crippen molar-refractivity contribution in [2.24, 2.45) is 0 Å². The molecule has 0 bridgehead atoms. The van der Waals surface area contributed by atoms with Gasteiger partial charge in [0, 0.05) is 20.5 Å². The second-order valence-electron chi connectivity index (χ2n) is 8.41. The van der Waals surface area contributed by atoms with Crippen molar-refractivity contribution in [1.29, 1.82) is 0 Å². The van der Waals surface area contributed by atoms with E-state index in [0.717, 1.165) is 39.2 Å². The second kappa shape index (κ2) is 6.51. The number of benzene rings is 2. The Labute approximate surface area is 180 Å². The number of aryl methyl sites for hydroxylation is 3. The molecule has 0 fully saturated rings. The Morgan fingerprint density at radius 3 is 2.40 bits per heavy atom. The van der Waals surface area contributed by atoms with Crippen molar-refractivity contribution in [3.8, 4) is 0 Å². The van der Waals surface area contributed by atoms with E-state index in [2.05, 4.69) is 64.1 Å². The van der Waals surface area contributed by atoms with Gasteiger partial charge in [0.25, 0.3) is 5.91 Å². The van der Waals surface area contributed by atoms with E-state index in [0.29, 0.717) is 0 Å². The largest absolute Gasteiger partial charge is 0.268 e. The predicted molar refractivity (Wildman–Crippen MR) is 127 cm³/mol. The van der Waals surface area contributed by atoms with Gasteiger partial charge in [-0.2, -0.15) is 0 Å². The Morgan fingerprint density at radius 1 is 0.967 bits per heavy atom. The summed E-state index contributed by atoms with van der Waals surface area (Å²) in [6.07, 6.45) is 0. The summed E-state index contributed by atoms with van der Waals surface area (Å²) in [6.45, 7) is 12.5. The highest BCUT2D eigenvalue weighted by Crippen LogP contribution is 2.45. The zero-order valence-electron chi connectivity index (χ0n) is 18.2. The quantitative estimate of drug-likeness (QED) is 0.313. The molecule has 0 amide bonds. The van der Waals surface area contributed by atoms with Crippen LogP contribution in [0.1, 0.15) is 53.0 Å². The molecule has 2 aromatic heterocycles. The van der Waals surface area contributed by atoms with Gasteiger partial charge in [-0.3, -0.25) is 9.36 Å². The topological polar surface area (TPSA) is 34.9 Å². The molecule has 0 unspecified atom stereocenters. The van der Waals surface area contributed by atoms with E-state index < -0.39 is 0 Å². The molecule has 3 heterocycles. The van der Waals surface area contributed by atoms with Crippen LogP contribution in [0.3, 0.4) is 0 Å². The lowest BCUT2D eigenvalue weighted by molar-refractivity contribution is 0.0971. The van der Waals surface area contributed by atoms with E-state index in [1.54, 1.807) is 11.3 Å². The Hall–Kier alpha value is -2.98. The number of aromatic nitrogens is 2. The smallest absolute Gasteiger partial charge is 0.264 e. The molecule has 0 aliphatic carbocycles. The molecule has 30 heavy (non-hydrogen) atoms. The standard InChI is InChI=1S/C26H24N2OS/c1-13(2)22-24(16(5)23-17(6)30-21-10-8-7-9-18(21)23)25-27-19-11-14(3)15(4)12-20(19)28(25)26(22)29/h7-12H,1-6H3/b24-16-. The van der Waals surface area contributed by atoms with Crippen molar-refractivity contribution in [2.75, 3.05) is 0 Å². The van der Waals surface area contributed by atoms with Crippen LogP contribution in [0.25, 0.3) is 32.3 Å². The first-order chi connectivity index (χ1) is 14.3. The highest BCUT2D eigenvalue weighted by molar-refractivity contribution is 7.19. The molecule has 0 saturated carbocycles. The molecule has 150 valence electrons. The summed E-state index contributed by atoms with van der Waals surface area (Å²) in [6, 6.07) is 12.7. The minimum atomic E-state index is 0.0299. The van der Waals surface area contributed by atoms with Crippen LogP contribution in [0.2, 0.25) is 0 Å².